The molecule has 0 aromatic heterocycles. The maximum atomic E-state index is 13.3. The van der Waals surface area contributed by atoms with Gasteiger partial charge in [-0.25, -0.2) is 0 Å². The third-order valence-corrected chi connectivity index (χ3v) is 6.36. The molecule has 1 atom stereocenters. The Balaban J connectivity index is 1.70. The minimum absolute atomic E-state index is 0.0451. The first-order chi connectivity index (χ1) is 11.5. The Kier molecular flexibility index (Phi) is 3.73. The highest BCUT2D eigenvalue weighted by molar-refractivity contribution is 8.02. The molecule has 3 heterocycles. The van der Waals surface area contributed by atoms with Crippen LogP contribution in [0.15, 0.2) is 23.1 Å². The van der Waals surface area contributed by atoms with Crippen LogP contribution in [-0.4, -0.2) is 47.1 Å². The lowest BCUT2D eigenvalue weighted by molar-refractivity contribution is -0.134. The van der Waals surface area contributed by atoms with Gasteiger partial charge in [-0.1, -0.05) is 23.4 Å². The van der Waals surface area contributed by atoms with Gasteiger partial charge in [-0.05, 0) is 24.6 Å². The second-order valence-corrected chi connectivity index (χ2v) is 7.88. The summed E-state index contributed by atoms with van der Waals surface area (Å²) in [5.41, 5.74) is 0.715. The zero-order valence-electron chi connectivity index (χ0n) is 12.9. The van der Waals surface area contributed by atoms with Crippen molar-refractivity contribution >= 4 is 46.8 Å². The molecule has 3 amide bonds. The number of fused-ring (bicyclic) bond motifs is 3. The Labute approximate surface area is 148 Å². The first kappa shape index (κ1) is 15.8. The lowest BCUT2D eigenvalue weighted by Gasteiger charge is -2.34. The summed E-state index contributed by atoms with van der Waals surface area (Å²) in [6.45, 7) is 1.29. The van der Waals surface area contributed by atoms with Crippen molar-refractivity contribution in [1.29, 1.82) is 0 Å². The molecule has 1 aromatic carbocycles. The molecular formula is C16H16ClN3O3S. The van der Waals surface area contributed by atoms with E-state index in [9.17, 15) is 14.4 Å². The molecule has 0 aliphatic carbocycles. The molecule has 0 radical (unpaired) electrons. The molecule has 0 spiro atoms. The maximum Gasteiger partial charge on any atom is 0.259 e. The third kappa shape index (κ3) is 2.29. The van der Waals surface area contributed by atoms with E-state index in [2.05, 4.69) is 5.32 Å². The zero-order chi connectivity index (χ0) is 16.9. The lowest BCUT2D eigenvalue weighted by Crippen LogP contribution is -2.54. The fourth-order valence-corrected chi connectivity index (χ4v) is 5.16. The predicted octanol–water partition coefficient (Wildman–Crippen LogP) is 1.62. The van der Waals surface area contributed by atoms with Crippen LogP contribution in [0.25, 0.3) is 0 Å². The molecule has 3 aliphatic heterocycles. The van der Waals surface area contributed by atoms with E-state index < -0.39 is 4.87 Å². The minimum atomic E-state index is -0.933. The van der Waals surface area contributed by atoms with Crippen molar-refractivity contribution in [2.75, 3.05) is 24.5 Å². The molecule has 0 saturated carbocycles. The molecule has 4 rings (SSSR count). The Morgan fingerprint density at radius 1 is 1.25 bits per heavy atom. The van der Waals surface area contributed by atoms with Gasteiger partial charge in [0.1, 0.15) is 0 Å². The lowest BCUT2D eigenvalue weighted by atomic mass is 10.1. The molecule has 126 valence electrons. The molecule has 1 aromatic rings. The van der Waals surface area contributed by atoms with Gasteiger partial charge in [-0.15, -0.1) is 0 Å². The molecule has 8 heteroatoms. The highest BCUT2D eigenvalue weighted by atomic mass is 35.5. The first-order valence-electron chi connectivity index (χ1n) is 7.89. The van der Waals surface area contributed by atoms with Crippen molar-refractivity contribution in [1.82, 2.24) is 10.2 Å². The summed E-state index contributed by atoms with van der Waals surface area (Å²) in [6.07, 6.45) is 1.11. The Bertz CT molecular complexity index is 756. The summed E-state index contributed by atoms with van der Waals surface area (Å²) in [5, 5.41) is 3.32. The molecule has 0 unspecified atom stereocenters. The van der Waals surface area contributed by atoms with Crippen LogP contribution in [0.3, 0.4) is 0 Å². The number of nitrogens with one attached hydrogen (secondary N) is 1. The van der Waals surface area contributed by atoms with Gasteiger partial charge in [0.05, 0.1) is 5.69 Å². The van der Waals surface area contributed by atoms with Crippen molar-refractivity contribution in [2.24, 2.45) is 0 Å². The average Bonchev–Trinajstić information content (AvgIpc) is 2.96. The number of carbonyl (C=O) groups is 3. The quantitative estimate of drug-likeness (QED) is 0.821. The van der Waals surface area contributed by atoms with Crippen molar-refractivity contribution in [3.8, 4) is 0 Å². The fourth-order valence-electron chi connectivity index (χ4n) is 3.52. The molecule has 2 saturated heterocycles. The number of carbonyl (C=O) groups excluding carboxylic acids is 3. The Morgan fingerprint density at radius 2 is 2.08 bits per heavy atom. The highest BCUT2D eigenvalue weighted by Crippen LogP contribution is 2.56. The Morgan fingerprint density at radius 3 is 2.92 bits per heavy atom. The summed E-state index contributed by atoms with van der Waals surface area (Å²) in [6, 6.07) is 5.37. The van der Waals surface area contributed by atoms with Gasteiger partial charge in [0.15, 0.2) is 4.87 Å². The normalized spacial score (nSPS) is 26.0. The number of halogens is 1. The van der Waals surface area contributed by atoms with E-state index in [-0.39, 0.29) is 17.7 Å². The molecule has 0 bridgehead atoms. The summed E-state index contributed by atoms with van der Waals surface area (Å²) in [4.78, 5) is 40.6. The molecule has 6 nitrogen and oxygen atoms in total. The number of anilines is 1. The van der Waals surface area contributed by atoms with Gasteiger partial charge >= 0.3 is 0 Å². The SMILES string of the molecule is O=C1CCN(C(=O)[C@]23CCC(=O)N2c2cc(Cl)ccc2S3)CCN1. The summed E-state index contributed by atoms with van der Waals surface area (Å²) in [7, 11) is 0. The van der Waals surface area contributed by atoms with Crippen LogP contribution < -0.4 is 10.2 Å². The number of benzene rings is 1. The van der Waals surface area contributed by atoms with Crippen LogP contribution in [0.1, 0.15) is 19.3 Å². The van der Waals surface area contributed by atoms with Crippen molar-refractivity contribution in [3.63, 3.8) is 0 Å². The molecule has 1 N–H and O–H groups in total. The van der Waals surface area contributed by atoms with Crippen molar-refractivity contribution < 1.29 is 14.4 Å². The smallest absolute Gasteiger partial charge is 0.259 e. The monoisotopic (exact) mass is 365 g/mol. The van der Waals surface area contributed by atoms with Crippen LogP contribution in [0, 0.1) is 0 Å². The number of amides is 3. The number of hydrogen-bond acceptors (Lipinski definition) is 4. The second kappa shape index (κ2) is 5.67. The van der Waals surface area contributed by atoms with Crippen LogP contribution in [0.2, 0.25) is 5.02 Å². The van der Waals surface area contributed by atoms with Gasteiger partial charge in [0.2, 0.25) is 11.8 Å². The van der Waals surface area contributed by atoms with Gasteiger partial charge in [0, 0.05) is 42.4 Å². The molecule has 2 fully saturated rings. The standard InChI is InChI=1S/C16H16ClN3O3S/c17-10-1-2-12-11(9-10)20-14(22)3-5-16(20,24-12)15(23)19-7-4-13(21)18-6-8-19/h1-2,9H,3-8H2,(H,18,21)/t16-/m1/s1. The maximum absolute atomic E-state index is 13.3. The number of thioether (sulfide) groups is 1. The Hall–Kier alpha value is -1.73. The van der Waals surface area contributed by atoms with Crippen molar-refractivity contribution in [2.45, 2.75) is 29.0 Å². The van der Waals surface area contributed by atoms with Crippen LogP contribution in [0.4, 0.5) is 5.69 Å². The van der Waals surface area contributed by atoms with Gasteiger partial charge in [-0.3, -0.25) is 19.3 Å². The van der Waals surface area contributed by atoms with E-state index >= 15 is 0 Å². The summed E-state index contributed by atoms with van der Waals surface area (Å²) >= 11 is 7.51. The van der Waals surface area contributed by atoms with Crippen LogP contribution in [-0.2, 0) is 14.4 Å². The molecule has 24 heavy (non-hydrogen) atoms. The summed E-state index contributed by atoms with van der Waals surface area (Å²) in [5.74, 6) is -0.195. The van der Waals surface area contributed by atoms with E-state index in [1.165, 1.54) is 11.8 Å². The van der Waals surface area contributed by atoms with E-state index in [4.69, 9.17) is 11.6 Å². The topological polar surface area (TPSA) is 69.7 Å². The average molecular weight is 366 g/mol. The van der Waals surface area contributed by atoms with Gasteiger partial charge < -0.3 is 10.2 Å². The zero-order valence-corrected chi connectivity index (χ0v) is 14.5. The predicted molar refractivity (Wildman–Crippen MR) is 91.0 cm³/mol. The van der Waals surface area contributed by atoms with E-state index in [0.29, 0.717) is 49.6 Å². The van der Waals surface area contributed by atoms with E-state index in [0.717, 1.165) is 4.90 Å². The second-order valence-electron chi connectivity index (χ2n) is 6.12. The molecular weight excluding hydrogens is 350 g/mol. The number of nitrogens with zero attached hydrogens (tertiary/aromatic N) is 2. The van der Waals surface area contributed by atoms with Crippen LogP contribution >= 0.6 is 23.4 Å². The minimum Gasteiger partial charge on any atom is -0.354 e. The first-order valence-corrected chi connectivity index (χ1v) is 9.08. The van der Waals surface area contributed by atoms with Gasteiger partial charge in [0.25, 0.3) is 5.91 Å². The number of rotatable bonds is 1. The van der Waals surface area contributed by atoms with Gasteiger partial charge in [-0.2, -0.15) is 0 Å². The van der Waals surface area contributed by atoms with Crippen LogP contribution in [0.5, 0.6) is 0 Å². The molecule has 3 aliphatic rings. The number of hydrogen-bond donors (Lipinski definition) is 1. The highest BCUT2D eigenvalue weighted by Gasteiger charge is 2.58. The fraction of sp³-hybridized carbons (Fsp3) is 0.438. The third-order valence-electron chi connectivity index (χ3n) is 4.66. The summed E-state index contributed by atoms with van der Waals surface area (Å²) < 4.78 is 0. The largest absolute Gasteiger partial charge is 0.354 e. The van der Waals surface area contributed by atoms with Crippen molar-refractivity contribution in [3.05, 3.63) is 23.2 Å². The van der Waals surface area contributed by atoms with E-state index in [1.54, 1.807) is 21.9 Å². The van der Waals surface area contributed by atoms with E-state index in [1.807, 2.05) is 6.07 Å².